The fourth-order valence-electron chi connectivity index (χ4n) is 3.08. The number of benzene rings is 2. The highest BCUT2D eigenvalue weighted by atomic mass is 16.5. The predicted molar refractivity (Wildman–Crippen MR) is 94.6 cm³/mol. The molecule has 1 atom stereocenters. The van der Waals surface area contributed by atoms with Crippen LogP contribution in [0, 0.1) is 6.92 Å². The van der Waals surface area contributed by atoms with Gasteiger partial charge in [-0.3, -0.25) is 4.79 Å². The monoisotopic (exact) mass is 340 g/mol. The van der Waals surface area contributed by atoms with Crippen molar-refractivity contribution in [3.63, 3.8) is 0 Å². The second kappa shape index (κ2) is 7.72. The van der Waals surface area contributed by atoms with Crippen LogP contribution in [0.1, 0.15) is 36.1 Å². The summed E-state index contributed by atoms with van der Waals surface area (Å²) in [6.45, 7) is 4.46. The molecule has 1 N–H and O–H groups in total. The molecule has 2 aromatic carbocycles. The molecule has 6 heteroatoms. The van der Waals surface area contributed by atoms with E-state index in [0.29, 0.717) is 24.4 Å². The van der Waals surface area contributed by atoms with Gasteiger partial charge in [0, 0.05) is 0 Å². The zero-order valence-electron chi connectivity index (χ0n) is 14.4. The number of hydrogen-bond acceptors (Lipinski definition) is 5. The highest BCUT2D eigenvalue weighted by molar-refractivity contribution is 6.62. The third kappa shape index (κ3) is 4.03. The van der Waals surface area contributed by atoms with Gasteiger partial charge in [0.05, 0.1) is 19.1 Å². The lowest BCUT2D eigenvalue weighted by molar-refractivity contribution is -0.145. The fourth-order valence-corrected chi connectivity index (χ4v) is 3.08. The highest BCUT2D eigenvalue weighted by Crippen LogP contribution is 2.32. The van der Waals surface area contributed by atoms with Crippen LogP contribution in [0.5, 0.6) is 5.75 Å². The normalized spacial score (nSPS) is 15.8. The molecular formula is C19H21BO5. The van der Waals surface area contributed by atoms with Gasteiger partial charge in [0.1, 0.15) is 12.4 Å². The Morgan fingerprint density at radius 3 is 2.76 bits per heavy atom. The minimum atomic E-state index is -1.06. The van der Waals surface area contributed by atoms with E-state index in [0.717, 1.165) is 16.7 Å². The van der Waals surface area contributed by atoms with Crippen molar-refractivity contribution in [2.24, 2.45) is 0 Å². The maximum Gasteiger partial charge on any atom is 0.492 e. The van der Waals surface area contributed by atoms with Crippen LogP contribution in [0.4, 0.5) is 0 Å². The van der Waals surface area contributed by atoms with E-state index in [2.05, 4.69) is 0 Å². The largest absolute Gasteiger partial charge is 0.492 e. The van der Waals surface area contributed by atoms with E-state index in [4.69, 9.17) is 14.1 Å². The minimum Gasteiger partial charge on any atom is -0.489 e. The van der Waals surface area contributed by atoms with Gasteiger partial charge in [-0.05, 0) is 48.1 Å². The van der Waals surface area contributed by atoms with Crippen LogP contribution < -0.4 is 10.2 Å². The first kappa shape index (κ1) is 17.5. The summed E-state index contributed by atoms with van der Waals surface area (Å²) in [7, 11) is -1.06. The lowest BCUT2D eigenvalue weighted by atomic mass is 9.77. The number of carbonyl (C=O) groups excluding carboxylic acids is 1. The lowest BCUT2D eigenvalue weighted by Crippen LogP contribution is -2.28. The Kier molecular flexibility index (Phi) is 5.41. The maximum absolute atomic E-state index is 11.7. The summed E-state index contributed by atoms with van der Waals surface area (Å²) in [6.07, 6.45) is -0.407. The zero-order valence-corrected chi connectivity index (χ0v) is 14.4. The molecule has 2 aromatic rings. The average Bonchev–Trinajstić information content (AvgIpc) is 2.90. The molecule has 3 rings (SSSR count). The second-order valence-electron chi connectivity index (χ2n) is 6.00. The number of hydrogen-bond donors (Lipinski definition) is 1. The van der Waals surface area contributed by atoms with Crippen molar-refractivity contribution in [1.29, 1.82) is 0 Å². The van der Waals surface area contributed by atoms with Crippen LogP contribution in [0.3, 0.4) is 0 Å². The van der Waals surface area contributed by atoms with E-state index < -0.39 is 13.2 Å². The van der Waals surface area contributed by atoms with Gasteiger partial charge in [-0.2, -0.15) is 0 Å². The number of ether oxygens (including phenoxy) is 2. The van der Waals surface area contributed by atoms with Crippen molar-refractivity contribution in [1.82, 2.24) is 0 Å². The Morgan fingerprint density at radius 2 is 2.04 bits per heavy atom. The molecule has 1 heterocycles. The number of fused-ring (bicyclic) bond motifs is 1. The standard InChI is InChI=1S/C19H21BO5/c1-3-23-18(21)11-17-19-13(2)9-15(10-16(19)20(22)25-17)24-12-14-7-5-4-6-8-14/h4-10,17,22H,3,11-12H2,1-2H3. The van der Waals surface area contributed by atoms with Crippen LogP contribution in [-0.2, 0) is 20.8 Å². The summed E-state index contributed by atoms with van der Waals surface area (Å²) in [5.41, 5.74) is 3.48. The highest BCUT2D eigenvalue weighted by Gasteiger charge is 2.38. The van der Waals surface area contributed by atoms with Gasteiger partial charge in [0.15, 0.2) is 0 Å². The van der Waals surface area contributed by atoms with Crippen molar-refractivity contribution in [2.45, 2.75) is 33.0 Å². The molecule has 0 aliphatic carbocycles. The van der Waals surface area contributed by atoms with Gasteiger partial charge in [-0.25, -0.2) is 0 Å². The third-order valence-corrected chi connectivity index (χ3v) is 4.18. The summed E-state index contributed by atoms with van der Waals surface area (Å²) in [6, 6.07) is 13.6. The van der Waals surface area contributed by atoms with E-state index in [-0.39, 0.29) is 12.4 Å². The molecular weight excluding hydrogens is 319 g/mol. The first-order valence-electron chi connectivity index (χ1n) is 8.38. The molecule has 25 heavy (non-hydrogen) atoms. The molecule has 0 saturated carbocycles. The summed E-state index contributed by atoms with van der Waals surface area (Å²) >= 11 is 0. The second-order valence-corrected chi connectivity index (χ2v) is 6.00. The van der Waals surface area contributed by atoms with Crippen molar-refractivity contribution in [3.8, 4) is 5.75 Å². The van der Waals surface area contributed by atoms with Gasteiger partial charge in [0.2, 0.25) is 0 Å². The lowest BCUT2D eigenvalue weighted by Gasteiger charge is -2.15. The van der Waals surface area contributed by atoms with Crippen LogP contribution in [0.15, 0.2) is 42.5 Å². The number of rotatable bonds is 6. The fraction of sp³-hybridized carbons (Fsp3) is 0.316. The number of carbonyl (C=O) groups is 1. The molecule has 0 spiro atoms. The molecule has 0 fully saturated rings. The summed E-state index contributed by atoms with van der Waals surface area (Å²) in [4.78, 5) is 11.7. The SMILES string of the molecule is CCOC(=O)CC1OB(O)c2cc(OCc3ccccc3)cc(C)c21. The molecule has 1 aliphatic heterocycles. The molecule has 0 aromatic heterocycles. The van der Waals surface area contributed by atoms with E-state index in [1.807, 2.05) is 43.3 Å². The zero-order chi connectivity index (χ0) is 17.8. The van der Waals surface area contributed by atoms with Crippen molar-refractivity contribution < 1.29 is 23.9 Å². The van der Waals surface area contributed by atoms with E-state index >= 15 is 0 Å². The van der Waals surface area contributed by atoms with E-state index in [1.165, 1.54) is 0 Å². The summed E-state index contributed by atoms with van der Waals surface area (Å²) in [5.74, 6) is 0.330. The number of esters is 1. The predicted octanol–water partition coefficient (Wildman–Crippen LogP) is 2.29. The Bertz CT molecular complexity index is 747. The van der Waals surface area contributed by atoms with Gasteiger partial charge >= 0.3 is 13.1 Å². The van der Waals surface area contributed by atoms with E-state index in [1.54, 1.807) is 13.0 Å². The van der Waals surface area contributed by atoms with E-state index in [9.17, 15) is 9.82 Å². The third-order valence-electron chi connectivity index (χ3n) is 4.18. The Hall–Kier alpha value is -2.31. The van der Waals surface area contributed by atoms with Crippen LogP contribution >= 0.6 is 0 Å². The first-order valence-corrected chi connectivity index (χ1v) is 8.38. The molecule has 0 amide bonds. The van der Waals surface area contributed by atoms with Crippen molar-refractivity contribution >= 4 is 18.6 Å². The molecule has 5 nitrogen and oxygen atoms in total. The quantitative estimate of drug-likeness (QED) is 0.646. The molecule has 1 unspecified atom stereocenters. The Morgan fingerprint density at radius 1 is 1.28 bits per heavy atom. The van der Waals surface area contributed by atoms with Gasteiger partial charge in [-0.1, -0.05) is 30.3 Å². The molecule has 0 radical (unpaired) electrons. The molecule has 1 aliphatic rings. The first-order chi connectivity index (χ1) is 12.1. The number of aryl methyl sites for hydroxylation is 1. The summed E-state index contributed by atoms with van der Waals surface area (Å²) in [5, 5.41) is 10.2. The van der Waals surface area contributed by atoms with Crippen molar-refractivity contribution in [2.75, 3.05) is 6.61 Å². The van der Waals surface area contributed by atoms with Gasteiger partial charge < -0.3 is 19.2 Å². The maximum atomic E-state index is 11.7. The summed E-state index contributed by atoms with van der Waals surface area (Å²) < 4.78 is 16.4. The van der Waals surface area contributed by atoms with Crippen LogP contribution in [0.25, 0.3) is 0 Å². The van der Waals surface area contributed by atoms with Gasteiger partial charge in [-0.15, -0.1) is 0 Å². The van der Waals surface area contributed by atoms with Crippen LogP contribution in [-0.4, -0.2) is 24.7 Å². The molecule has 130 valence electrons. The Balaban J connectivity index is 1.77. The molecule has 0 bridgehead atoms. The Labute approximate surface area is 147 Å². The smallest absolute Gasteiger partial charge is 0.489 e. The topological polar surface area (TPSA) is 65.0 Å². The minimum absolute atomic E-state index is 0.0863. The average molecular weight is 340 g/mol. The van der Waals surface area contributed by atoms with Crippen molar-refractivity contribution in [3.05, 3.63) is 59.2 Å². The van der Waals surface area contributed by atoms with Crippen LogP contribution in [0.2, 0.25) is 0 Å². The van der Waals surface area contributed by atoms with Gasteiger partial charge in [0.25, 0.3) is 0 Å². The molecule has 0 saturated heterocycles.